The van der Waals surface area contributed by atoms with Gasteiger partial charge in [-0.1, -0.05) is 48.0 Å². The number of esters is 1. The zero-order valence-corrected chi connectivity index (χ0v) is 13.9. The number of hydrogen-bond donors (Lipinski definition) is 0. The van der Waals surface area contributed by atoms with Gasteiger partial charge < -0.3 is 9.47 Å². The fourth-order valence-corrected chi connectivity index (χ4v) is 2.34. The molecule has 5 heteroatoms. The van der Waals surface area contributed by atoms with E-state index >= 15 is 0 Å². The molecule has 0 fully saturated rings. The van der Waals surface area contributed by atoms with E-state index in [-0.39, 0.29) is 16.3 Å². The van der Waals surface area contributed by atoms with E-state index in [0.717, 1.165) is 5.56 Å². The lowest BCUT2D eigenvalue weighted by molar-refractivity contribution is 0.0729. The molecule has 0 radical (unpaired) electrons. The van der Waals surface area contributed by atoms with Gasteiger partial charge >= 0.3 is 5.97 Å². The highest BCUT2D eigenvalue weighted by atomic mass is 35.5. The van der Waals surface area contributed by atoms with Gasteiger partial charge in [-0.3, -0.25) is 0 Å². The second kappa shape index (κ2) is 7.81. The third-order valence-corrected chi connectivity index (χ3v) is 3.75. The van der Waals surface area contributed by atoms with Crippen LogP contribution in [0.4, 0.5) is 4.39 Å². The van der Waals surface area contributed by atoms with Crippen LogP contribution in [0, 0.1) is 5.82 Å². The summed E-state index contributed by atoms with van der Waals surface area (Å²) in [5.74, 6) is -0.677. The van der Waals surface area contributed by atoms with Gasteiger partial charge in [0.05, 0.1) is 10.6 Å². The molecule has 0 saturated carbocycles. The summed E-state index contributed by atoms with van der Waals surface area (Å²) in [7, 11) is 0. The molecule has 25 heavy (non-hydrogen) atoms. The first-order chi connectivity index (χ1) is 12.1. The summed E-state index contributed by atoms with van der Waals surface area (Å²) < 4.78 is 24.6. The topological polar surface area (TPSA) is 35.5 Å². The Kier molecular flexibility index (Phi) is 5.31. The predicted molar refractivity (Wildman–Crippen MR) is 93.6 cm³/mol. The number of ether oxygens (including phenoxy) is 2. The highest BCUT2D eigenvalue weighted by Crippen LogP contribution is 2.22. The largest absolute Gasteiger partial charge is 0.489 e. The van der Waals surface area contributed by atoms with Crippen molar-refractivity contribution >= 4 is 17.6 Å². The lowest BCUT2D eigenvalue weighted by atomic mass is 10.2. The van der Waals surface area contributed by atoms with Crippen LogP contribution in [0.3, 0.4) is 0 Å². The molecule has 3 nitrogen and oxygen atoms in total. The maximum absolute atomic E-state index is 13.8. The molecule has 0 aliphatic carbocycles. The molecule has 0 aromatic heterocycles. The van der Waals surface area contributed by atoms with Gasteiger partial charge in [0.15, 0.2) is 5.82 Å². The Balaban J connectivity index is 1.62. The van der Waals surface area contributed by atoms with E-state index in [0.29, 0.717) is 12.4 Å². The Morgan fingerprint density at radius 3 is 2.28 bits per heavy atom. The zero-order valence-electron chi connectivity index (χ0n) is 13.1. The van der Waals surface area contributed by atoms with E-state index < -0.39 is 11.8 Å². The van der Waals surface area contributed by atoms with Crippen molar-refractivity contribution in [3.63, 3.8) is 0 Å². The smallest absolute Gasteiger partial charge is 0.346 e. The molecule has 0 unspecified atom stereocenters. The van der Waals surface area contributed by atoms with Crippen molar-refractivity contribution in [1.29, 1.82) is 0 Å². The summed E-state index contributed by atoms with van der Waals surface area (Å²) in [5.41, 5.74) is 0.839. The van der Waals surface area contributed by atoms with E-state index in [1.165, 1.54) is 18.2 Å². The summed E-state index contributed by atoms with van der Waals surface area (Å²) in [5, 5.41) is -0.126. The molecule has 0 bridgehead atoms. The summed E-state index contributed by atoms with van der Waals surface area (Å²) >= 11 is 5.67. The van der Waals surface area contributed by atoms with Gasteiger partial charge in [0.1, 0.15) is 18.1 Å². The van der Waals surface area contributed by atoms with Crippen molar-refractivity contribution in [3.05, 3.63) is 94.8 Å². The summed E-state index contributed by atoms with van der Waals surface area (Å²) in [6.45, 7) is 0.438. The van der Waals surface area contributed by atoms with Crippen molar-refractivity contribution in [1.82, 2.24) is 0 Å². The first-order valence-corrected chi connectivity index (χ1v) is 7.94. The maximum Gasteiger partial charge on any atom is 0.346 e. The minimum Gasteiger partial charge on any atom is -0.489 e. The number of benzene rings is 3. The van der Waals surface area contributed by atoms with Gasteiger partial charge in [-0.25, -0.2) is 9.18 Å². The predicted octanol–water partition coefficient (Wildman–Crippen LogP) is 5.28. The fraction of sp³-hybridized carbons (Fsp3) is 0.0500. The molecule has 0 spiro atoms. The standard InChI is InChI=1S/C20H14ClFO3/c21-18-8-4-7-17(19(18)22)20(23)25-16-11-9-15(10-12-16)24-13-14-5-2-1-3-6-14/h1-12H,13H2. The van der Waals surface area contributed by atoms with E-state index in [1.807, 2.05) is 30.3 Å². The second-order valence-electron chi connectivity index (χ2n) is 5.24. The normalized spacial score (nSPS) is 10.3. The van der Waals surface area contributed by atoms with Crippen LogP contribution in [-0.2, 0) is 6.61 Å². The third-order valence-electron chi connectivity index (χ3n) is 3.45. The van der Waals surface area contributed by atoms with Crippen LogP contribution >= 0.6 is 11.6 Å². The van der Waals surface area contributed by atoms with E-state index in [9.17, 15) is 9.18 Å². The minimum atomic E-state index is -0.807. The van der Waals surface area contributed by atoms with Gasteiger partial charge in [0.25, 0.3) is 0 Å². The number of carbonyl (C=O) groups is 1. The molecule has 3 rings (SSSR count). The SMILES string of the molecule is O=C(Oc1ccc(OCc2ccccc2)cc1)c1cccc(Cl)c1F. The van der Waals surface area contributed by atoms with Gasteiger partial charge in [-0.05, 0) is 42.0 Å². The van der Waals surface area contributed by atoms with Crippen LogP contribution in [0.15, 0.2) is 72.8 Å². The summed E-state index contributed by atoms with van der Waals surface area (Å²) in [6.07, 6.45) is 0. The monoisotopic (exact) mass is 356 g/mol. The minimum absolute atomic E-state index is 0.126. The first-order valence-electron chi connectivity index (χ1n) is 7.56. The summed E-state index contributed by atoms with van der Waals surface area (Å²) in [4.78, 5) is 12.0. The van der Waals surface area contributed by atoms with Crippen LogP contribution in [0.25, 0.3) is 0 Å². The molecule has 3 aromatic carbocycles. The third kappa shape index (κ3) is 4.37. The van der Waals surface area contributed by atoms with Gasteiger partial charge in [0, 0.05) is 0 Å². The molecular formula is C20H14ClFO3. The molecular weight excluding hydrogens is 343 g/mol. The van der Waals surface area contributed by atoms with Crippen LogP contribution in [0.5, 0.6) is 11.5 Å². The Morgan fingerprint density at radius 1 is 0.880 bits per heavy atom. The van der Waals surface area contributed by atoms with E-state index in [2.05, 4.69) is 0 Å². The molecule has 0 atom stereocenters. The highest BCUT2D eigenvalue weighted by molar-refractivity contribution is 6.31. The maximum atomic E-state index is 13.8. The quantitative estimate of drug-likeness (QED) is 0.461. The molecule has 0 aliphatic rings. The average molecular weight is 357 g/mol. The van der Waals surface area contributed by atoms with E-state index in [1.54, 1.807) is 24.3 Å². The number of halogens is 2. The van der Waals surface area contributed by atoms with E-state index in [4.69, 9.17) is 21.1 Å². The second-order valence-corrected chi connectivity index (χ2v) is 5.64. The molecule has 126 valence electrons. The molecule has 0 N–H and O–H groups in total. The van der Waals surface area contributed by atoms with Crippen molar-refractivity contribution in [2.24, 2.45) is 0 Å². The first kappa shape index (κ1) is 17.0. The number of hydrogen-bond acceptors (Lipinski definition) is 3. The fourth-order valence-electron chi connectivity index (χ4n) is 2.17. The van der Waals surface area contributed by atoms with Crippen LogP contribution in [0.2, 0.25) is 5.02 Å². The zero-order chi connectivity index (χ0) is 17.6. The van der Waals surface area contributed by atoms with Gasteiger partial charge in [-0.2, -0.15) is 0 Å². The Morgan fingerprint density at radius 2 is 1.56 bits per heavy atom. The Hall–Kier alpha value is -2.85. The van der Waals surface area contributed by atoms with Crippen molar-refractivity contribution in [2.75, 3.05) is 0 Å². The molecule has 0 saturated heterocycles. The Bertz CT molecular complexity index is 864. The average Bonchev–Trinajstić information content (AvgIpc) is 2.64. The molecule has 0 heterocycles. The molecule has 0 amide bonds. The van der Waals surface area contributed by atoms with Gasteiger partial charge in [0.2, 0.25) is 0 Å². The van der Waals surface area contributed by atoms with Crippen molar-refractivity contribution in [2.45, 2.75) is 6.61 Å². The molecule has 0 aliphatic heterocycles. The lowest BCUT2D eigenvalue weighted by Gasteiger charge is -2.08. The van der Waals surface area contributed by atoms with Crippen molar-refractivity contribution in [3.8, 4) is 11.5 Å². The van der Waals surface area contributed by atoms with Crippen LogP contribution in [0.1, 0.15) is 15.9 Å². The lowest BCUT2D eigenvalue weighted by Crippen LogP contribution is -2.10. The Labute approximate surface area is 149 Å². The summed E-state index contributed by atoms with van der Waals surface area (Å²) in [6, 6.07) is 20.5. The molecule has 3 aromatic rings. The van der Waals surface area contributed by atoms with Crippen LogP contribution < -0.4 is 9.47 Å². The van der Waals surface area contributed by atoms with Gasteiger partial charge in [-0.15, -0.1) is 0 Å². The number of rotatable bonds is 5. The van der Waals surface area contributed by atoms with Crippen molar-refractivity contribution < 1.29 is 18.7 Å². The van der Waals surface area contributed by atoms with Crippen LogP contribution in [-0.4, -0.2) is 5.97 Å². The highest BCUT2D eigenvalue weighted by Gasteiger charge is 2.16. The number of carbonyl (C=O) groups excluding carboxylic acids is 1.